The molecule has 0 aliphatic rings. The van der Waals surface area contributed by atoms with Crippen molar-refractivity contribution in [3.05, 3.63) is 71.9 Å². The number of aryl methyl sites for hydroxylation is 1. The standard InChI is InChI=1S/C22H21N3/c1-4-9-19-22(23-3)25-21(18-14-12-16(5-2)13-15-18)20(24-19)17-10-7-6-8-11-17/h4,6-15H,3,5H2,1-2H3/b9-4-. The van der Waals surface area contributed by atoms with Crippen molar-refractivity contribution in [1.82, 2.24) is 9.97 Å². The molecule has 0 fully saturated rings. The maximum Gasteiger partial charge on any atom is 0.178 e. The molecule has 124 valence electrons. The van der Waals surface area contributed by atoms with Crippen molar-refractivity contribution < 1.29 is 0 Å². The number of nitrogens with zero attached hydrogens (tertiary/aromatic N) is 3. The molecule has 0 aliphatic heterocycles. The minimum Gasteiger partial charge on any atom is -0.243 e. The topological polar surface area (TPSA) is 38.1 Å². The second-order valence-electron chi connectivity index (χ2n) is 5.70. The molecule has 0 radical (unpaired) electrons. The summed E-state index contributed by atoms with van der Waals surface area (Å²) in [5.74, 6) is 0.548. The average molecular weight is 327 g/mol. The summed E-state index contributed by atoms with van der Waals surface area (Å²) in [5, 5.41) is 0. The molecule has 0 atom stereocenters. The molecule has 0 aliphatic carbocycles. The zero-order valence-electron chi connectivity index (χ0n) is 14.6. The zero-order valence-corrected chi connectivity index (χ0v) is 14.6. The first-order chi connectivity index (χ1) is 12.3. The number of aromatic nitrogens is 2. The largest absolute Gasteiger partial charge is 0.243 e. The van der Waals surface area contributed by atoms with Gasteiger partial charge in [-0.1, -0.05) is 67.6 Å². The highest BCUT2D eigenvalue weighted by atomic mass is 15.0. The Morgan fingerprint density at radius 1 is 0.920 bits per heavy atom. The second kappa shape index (κ2) is 7.67. The van der Waals surface area contributed by atoms with Gasteiger partial charge in [0.15, 0.2) is 5.82 Å². The van der Waals surface area contributed by atoms with E-state index >= 15 is 0 Å². The molecular formula is C22H21N3. The Balaban J connectivity index is 2.25. The minimum absolute atomic E-state index is 0.548. The molecule has 0 amide bonds. The van der Waals surface area contributed by atoms with Crippen molar-refractivity contribution in [2.75, 3.05) is 0 Å². The Morgan fingerprint density at radius 2 is 1.56 bits per heavy atom. The molecule has 0 bridgehead atoms. The molecule has 0 spiro atoms. The van der Waals surface area contributed by atoms with Gasteiger partial charge >= 0.3 is 0 Å². The summed E-state index contributed by atoms with van der Waals surface area (Å²) in [5.41, 5.74) is 5.76. The van der Waals surface area contributed by atoms with Gasteiger partial charge in [-0.15, -0.1) is 0 Å². The van der Waals surface area contributed by atoms with Crippen molar-refractivity contribution in [1.29, 1.82) is 0 Å². The van der Waals surface area contributed by atoms with Crippen LogP contribution in [0.3, 0.4) is 0 Å². The van der Waals surface area contributed by atoms with Crippen LogP contribution >= 0.6 is 0 Å². The molecule has 1 aromatic heterocycles. The Kier molecular flexibility index (Phi) is 5.14. The number of benzene rings is 2. The molecule has 0 N–H and O–H groups in total. The molecule has 0 saturated heterocycles. The number of hydrogen-bond donors (Lipinski definition) is 0. The van der Waals surface area contributed by atoms with Gasteiger partial charge in [-0.25, -0.2) is 15.0 Å². The number of allylic oxidation sites excluding steroid dienone is 1. The van der Waals surface area contributed by atoms with Gasteiger partial charge < -0.3 is 0 Å². The Labute approximate surface area is 148 Å². The molecule has 0 unspecified atom stereocenters. The Hall–Kier alpha value is -3.07. The van der Waals surface area contributed by atoms with E-state index in [0.29, 0.717) is 5.82 Å². The minimum atomic E-state index is 0.548. The molecule has 3 aromatic rings. The van der Waals surface area contributed by atoms with Crippen molar-refractivity contribution in [2.45, 2.75) is 20.3 Å². The highest BCUT2D eigenvalue weighted by Crippen LogP contribution is 2.32. The third kappa shape index (κ3) is 3.56. The normalized spacial score (nSPS) is 11.0. The van der Waals surface area contributed by atoms with Gasteiger partial charge in [0.1, 0.15) is 5.69 Å². The van der Waals surface area contributed by atoms with Crippen LogP contribution in [0.15, 0.2) is 65.7 Å². The van der Waals surface area contributed by atoms with Crippen molar-refractivity contribution in [3.8, 4) is 22.5 Å². The van der Waals surface area contributed by atoms with Gasteiger partial charge in [0, 0.05) is 11.1 Å². The summed E-state index contributed by atoms with van der Waals surface area (Å²) in [7, 11) is 0. The van der Waals surface area contributed by atoms with Crippen LogP contribution in [0, 0.1) is 0 Å². The highest BCUT2D eigenvalue weighted by Gasteiger charge is 2.15. The van der Waals surface area contributed by atoms with E-state index in [1.165, 1.54) is 5.56 Å². The van der Waals surface area contributed by atoms with Gasteiger partial charge in [-0.05, 0) is 31.7 Å². The number of aliphatic imine (C=N–C) groups is 1. The summed E-state index contributed by atoms with van der Waals surface area (Å²) in [6, 6.07) is 18.6. The van der Waals surface area contributed by atoms with E-state index in [2.05, 4.69) is 42.9 Å². The van der Waals surface area contributed by atoms with Gasteiger partial charge in [0.2, 0.25) is 0 Å². The molecular weight excluding hydrogens is 306 g/mol. The molecule has 3 heteroatoms. The van der Waals surface area contributed by atoms with E-state index in [1.807, 2.05) is 49.4 Å². The van der Waals surface area contributed by atoms with Crippen LogP contribution in [0.2, 0.25) is 0 Å². The van der Waals surface area contributed by atoms with E-state index in [4.69, 9.17) is 9.97 Å². The van der Waals surface area contributed by atoms with E-state index in [1.54, 1.807) is 0 Å². The Bertz CT molecular complexity index is 895. The molecule has 1 heterocycles. The van der Waals surface area contributed by atoms with E-state index < -0.39 is 0 Å². The van der Waals surface area contributed by atoms with Crippen LogP contribution < -0.4 is 0 Å². The summed E-state index contributed by atoms with van der Waals surface area (Å²) < 4.78 is 0. The predicted octanol–water partition coefficient (Wildman–Crippen LogP) is 5.74. The quantitative estimate of drug-likeness (QED) is 0.561. The first-order valence-corrected chi connectivity index (χ1v) is 8.43. The van der Waals surface area contributed by atoms with Crippen LogP contribution in [0.25, 0.3) is 28.6 Å². The SMILES string of the molecule is C=Nc1nc(-c2ccc(CC)cc2)c(-c2ccccc2)nc1/C=C\C. The van der Waals surface area contributed by atoms with Crippen LogP contribution in [0.1, 0.15) is 25.1 Å². The maximum absolute atomic E-state index is 4.84. The van der Waals surface area contributed by atoms with Gasteiger partial charge in [0.25, 0.3) is 0 Å². The first-order valence-electron chi connectivity index (χ1n) is 8.43. The first kappa shape index (κ1) is 16.8. The summed E-state index contributed by atoms with van der Waals surface area (Å²) in [6.45, 7) is 7.75. The van der Waals surface area contributed by atoms with E-state index in [-0.39, 0.29) is 0 Å². The van der Waals surface area contributed by atoms with Crippen LogP contribution in [0.5, 0.6) is 0 Å². The summed E-state index contributed by atoms with van der Waals surface area (Å²) in [4.78, 5) is 13.7. The summed E-state index contributed by atoms with van der Waals surface area (Å²) in [6.07, 6.45) is 4.85. The fourth-order valence-corrected chi connectivity index (χ4v) is 2.72. The number of hydrogen-bond acceptors (Lipinski definition) is 3. The number of rotatable bonds is 5. The van der Waals surface area contributed by atoms with Crippen LogP contribution in [-0.4, -0.2) is 16.7 Å². The molecule has 3 rings (SSSR count). The third-order valence-electron chi connectivity index (χ3n) is 4.06. The fourth-order valence-electron chi connectivity index (χ4n) is 2.72. The lowest BCUT2D eigenvalue weighted by atomic mass is 10.0. The molecule has 2 aromatic carbocycles. The lowest BCUT2D eigenvalue weighted by Gasteiger charge is -2.12. The molecule has 3 nitrogen and oxygen atoms in total. The average Bonchev–Trinajstić information content (AvgIpc) is 2.68. The monoisotopic (exact) mass is 327 g/mol. The van der Waals surface area contributed by atoms with Crippen LogP contribution in [-0.2, 0) is 6.42 Å². The molecule has 0 saturated carbocycles. The van der Waals surface area contributed by atoms with Gasteiger partial charge in [0.05, 0.1) is 11.4 Å². The zero-order chi connectivity index (χ0) is 17.6. The van der Waals surface area contributed by atoms with Crippen molar-refractivity contribution >= 4 is 18.6 Å². The fraction of sp³-hybridized carbons (Fsp3) is 0.136. The second-order valence-corrected chi connectivity index (χ2v) is 5.70. The highest BCUT2D eigenvalue weighted by molar-refractivity contribution is 5.80. The van der Waals surface area contributed by atoms with Gasteiger partial charge in [-0.2, -0.15) is 0 Å². The third-order valence-corrected chi connectivity index (χ3v) is 4.06. The molecule has 25 heavy (non-hydrogen) atoms. The lowest BCUT2D eigenvalue weighted by molar-refractivity contribution is 1.14. The predicted molar refractivity (Wildman–Crippen MR) is 106 cm³/mol. The van der Waals surface area contributed by atoms with E-state index in [9.17, 15) is 0 Å². The van der Waals surface area contributed by atoms with Crippen LogP contribution in [0.4, 0.5) is 5.82 Å². The Morgan fingerprint density at radius 3 is 2.16 bits per heavy atom. The maximum atomic E-state index is 4.84. The van der Waals surface area contributed by atoms with E-state index in [0.717, 1.165) is 34.6 Å². The van der Waals surface area contributed by atoms with Crippen molar-refractivity contribution in [3.63, 3.8) is 0 Å². The van der Waals surface area contributed by atoms with Gasteiger partial charge in [-0.3, -0.25) is 0 Å². The smallest absolute Gasteiger partial charge is 0.178 e. The summed E-state index contributed by atoms with van der Waals surface area (Å²) >= 11 is 0. The van der Waals surface area contributed by atoms with Crippen molar-refractivity contribution in [2.24, 2.45) is 4.99 Å². The lowest BCUT2D eigenvalue weighted by Crippen LogP contribution is -1.97.